The number of carboxylic acid groups (broad SMARTS) is 1. The zero-order valence-electron chi connectivity index (χ0n) is 11.8. The quantitative estimate of drug-likeness (QED) is 0.802. The molecule has 0 spiro atoms. The second-order valence-electron chi connectivity index (χ2n) is 5.16. The molecule has 1 N–H and O–H groups in total. The fraction of sp³-hybridized carbons (Fsp3) is 0.267. The molecule has 0 aliphatic rings. The molecule has 0 amide bonds. The Kier molecular flexibility index (Phi) is 3.47. The average Bonchev–Trinajstić information content (AvgIpc) is 3.07. The number of thiazole rings is 1. The number of para-hydroxylation sites is 1. The van der Waals surface area contributed by atoms with E-state index < -0.39 is 5.97 Å². The number of fused-ring (bicyclic) bond motifs is 1. The largest absolute Gasteiger partial charge is 0.478 e. The Balaban J connectivity index is 2.26. The minimum atomic E-state index is -0.929. The number of imidazole rings is 1. The van der Waals surface area contributed by atoms with Crippen LogP contribution in [-0.4, -0.2) is 25.6 Å². The maximum absolute atomic E-state index is 11.5. The number of hydrogen-bond donors (Lipinski definition) is 1. The van der Waals surface area contributed by atoms with Gasteiger partial charge in [0.2, 0.25) is 0 Å². The Morgan fingerprint density at radius 2 is 2.24 bits per heavy atom. The van der Waals surface area contributed by atoms with Gasteiger partial charge in [-0.15, -0.1) is 11.3 Å². The smallest absolute Gasteiger partial charge is 0.337 e. The van der Waals surface area contributed by atoms with Crippen molar-refractivity contribution in [2.45, 2.75) is 26.3 Å². The summed E-state index contributed by atoms with van der Waals surface area (Å²) in [7, 11) is 0. The van der Waals surface area contributed by atoms with Crippen LogP contribution in [-0.2, 0) is 6.54 Å². The molecule has 0 aliphatic heterocycles. The molecule has 0 saturated heterocycles. The molecule has 108 valence electrons. The van der Waals surface area contributed by atoms with Crippen LogP contribution in [0.2, 0.25) is 0 Å². The van der Waals surface area contributed by atoms with E-state index in [9.17, 15) is 9.90 Å². The van der Waals surface area contributed by atoms with Gasteiger partial charge >= 0.3 is 5.97 Å². The van der Waals surface area contributed by atoms with Crippen molar-refractivity contribution in [3.63, 3.8) is 0 Å². The molecule has 3 aromatic rings. The van der Waals surface area contributed by atoms with Gasteiger partial charge < -0.3 is 9.67 Å². The summed E-state index contributed by atoms with van der Waals surface area (Å²) in [5, 5.41) is 9.43. The third-order valence-corrected chi connectivity index (χ3v) is 4.10. The van der Waals surface area contributed by atoms with Crippen molar-refractivity contribution in [1.82, 2.24) is 14.5 Å². The molecule has 21 heavy (non-hydrogen) atoms. The van der Waals surface area contributed by atoms with E-state index in [1.165, 1.54) is 0 Å². The van der Waals surface area contributed by atoms with E-state index in [1.807, 2.05) is 16.8 Å². The molecule has 2 aromatic heterocycles. The summed E-state index contributed by atoms with van der Waals surface area (Å²) in [6.07, 6.45) is 1.81. The van der Waals surface area contributed by atoms with Gasteiger partial charge in [-0.3, -0.25) is 4.98 Å². The van der Waals surface area contributed by atoms with Crippen LogP contribution in [0.5, 0.6) is 0 Å². The van der Waals surface area contributed by atoms with Crippen molar-refractivity contribution in [2.75, 3.05) is 0 Å². The fourth-order valence-corrected chi connectivity index (χ4v) is 3.04. The Morgan fingerprint density at radius 3 is 2.86 bits per heavy atom. The zero-order valence-corrected chi connectivity index (χ0v) is 12.6. The number of rotatable bonds is 4. The SMILES string of the molecule is CC(C)c1nc2cccc(C(=O)O)c2n1Cc1cncs1. The molecule has 0 bridgehead atoms. The maximum Gasteiger partial charge on any atom is 0.337 e. The van der Waals surface area contributed by atoms with Gasteiger partial charge in [-0.2, -0.15) is 0 Å². The number of hydrogen-bond acceptors (Lipinski definition) is 4. The molecule has 5 nitrogen and oxygen atoms in total. The van der Waals surface area contributed by atoms with Gasteiger partial charge in [0.1, 0.15) is 5.82 Å². The predicted octanol–water partition coefficient (Wildman–Crippen LogP) is 3.36. The van der Waals surface area contributed by atoms with Gasteiger partial charge in [-0.05, 0) is 12.1 Å². The summed E-state index contributed by atoms with van der Waals surface area (Å²) in [5.41, 5.74) is 3.48. The molecule has 0 aliphatic carbocycles. The molecular formula is C15H15N3O2S. The summed E-state index contributed by atoms with van der Waals surface area (Å²) in [6, 6.07) is 5.22. The van der Waals surface area contributed by atoms with Crippen LogP contribution in [0, 0.1) is 0 Å². The number of benzene rings is 1. The van der Waals surface area contributed by atoms with Crippen LogP contribution in [0.15, 0.2) is 29.9 Å². The molecule has 2 heterocycles. The highest BCUT2D eigenvalue weighted by molar-refractivity contribution is 7.09. The second kappa shape index (κ2) is 5.29. The number of carbonyl (C=O) groups is 1. The first-order valence-electron chi connectivity index (χ1n) is 6.67. The van der Waals surface area contributed by atoms with Gasteiger partial charge in [-0.25, -0.2) is 9.78 Å². The first-order chi connectivity index (χ1) is 10.1. The van der Waals surface area contributed by atoms with Gasteiger partial charge in [0, 0.05) is 17.0 Å². The van der Waals surface area contributed by atoms with Crippen molar-refractivity contribution in [3.05, 3.63) is 46.2 Å². The fourth-order valence-electron chi connectivity index (χ4n) is 2.45. The van der Waals surface area contributed by atoms with E-state index >= 15 is 0 Å². The van der Waals surface area contributed by atoms with Crippen LogP contribution in [0.4, 0.5) is 0 Å². The lowest BCUT2D eigenvalue weighted by atomic mass is 10.2. The first kappa shape index (κ1) is 13.8. The Hall–Kier alpha value is -2.21. The molecule has 0 fully saturated rings. The Bertz CT molecular complexity index is 791. The average molecular weight is 301 g/mol. The minimum Gasteiger partial charge on any atom is -0.478 e. The summed E-state index contributed by atoms with van der Waals surface area (Å²) in [5.74, 6) is 0.181. The van der Waals surface area contributed by atoms with Crippen LogP contribution < -0.4 is 0 Å². The van der Waals surface area contributed by atoms with Gasteiger partial charge in [0.05, 0.1) is 28.7 Å². The number of nitrogens with zero attached hydrogens (tertiary/aromatic N) is 3. The standard InChI is InChI=1S/C15H15N3O2S/c1-9(2)14-17-12-5-3-4-11(15(19)20)13(12)18(14)7-10-6-16-8-21-10/h3-6,8-9H,7H2,1-2H3,(H,19,20). The van der Waals surface area contributed by atoms with E-state index in [-0.39, 0.29) is 11.5 Å². The van der Waals surface area contributed by atoms with Crippen molar-refractivity contribution in [2.24, 2.45) is 0 Å². The third kappa shape index (κ3) is 2.42. The highest BCUT2D eigenvalue weighted by atomic mass is 32.1. The topological polar surface area (TPSA) is 68.0 Å². The zero-order chi connectivity index (χ0) is 15.0. The maximum atomic E-state index is 11.5. The monoisotopic (exact) mass is 301 g/mol. The molecule has 0 unspecified atom stereocenters. The van der Waals surface area contributed by atoms with Crippen molar-refractivity contribution in [3.8, 4) is 0 Å². The number of aromatic carboxylic acids is 1. The Labute approximate surface area is 125 Å². The van der Waals surface area contributed by atoms with Crippen molar-refractivity contribution in [1.29, 1.82) is 0 Å². The van der Waals surface area contributed by atoms with Crippen LogP contribution in [0.3, 0.4) is 0 Å². The molecule has 0 atom stereocenters. The lowest BCUT2D eigenvalue weighted by molar-refractivity contribution is 0.0698. The van der Waals surface area contributed by atoms with Crippen molar-refractivity contribution < 1.29 is 9.90 Å². The summed E-state index contributed by atoms with van der Waals surface area (Å²) in [4.78, 5) is 21.3. The molecule has 6 heteroatoms. The molecule has 0 radical (unpaired) electrons. The number of aromatic nitrogens is 3. The summed E-state index contributed by atoms with van der Waals surface area (Å²) in [6.45, 7) is 4.72. The van der Waals surface area contributed by atoms with E-state index in [0.717, 1.165) is 16.2 Å². The van der Waals surface area contributed by atoms with Crippen LogP contribution in [0.25, 0.3) is 11.0 Å². The van der Waals surface area contributed by atoms with Gasteiger partial charge in [-0.1, -0.05) is 19.9 Å². The minimum absolute atomic E-state index is 0.215. The van der Waals surface area contributed by atoms with Crippen LogP contribution >= 0.6 is 11.3 Å². The lowest BCUT2D eigenvalue weighted by Crippen LogP contribution is -2.08. The molecule has 0 saturated carbocycles. The highest BCUT2D eigenvalue weighted by Gasteiger charge is 2.19. The molecular weight excluding hydrogens is 286 g/mol. The normalized spacial score (nSPS) is 11.4. The van der Waals surface area contributed by atoms with E-state index in [1.54, 1.807) is 29.0 Å². The molecule has 3 rings (SSSR count). The lowest BCUT2D eigenvalue weighted by Gasteiger charge is -2.11. The second-order valence-corrected chi connectivity index (χ2v) is 6.13. The summed E-state index contributed by atoms with van der Waals surface area (Å²) >= 11 is 1.56. The molecule has 1 aromatic carbocycles. The highest BCUT2D eigenvalue weighted by Crippen LogP contribution is 2.26. The first-order valence-corrected chi connectivity index (χ1v) is 7.55. The predicted molar refractivity (Wildman–Crippen MR) is 82.0 cm³/mol. The van der Waals surface area contributed by atoms with Crippen molar-refractivity contribution >= 4 is 28.3 Å². The van der Waals surface area contributed by atoms with Crippen LogP contribution in [0.1, 0.15) is 40.8 Å². The van der Waals surface area contributed by atoms with E-state index in [0.29, 0.717) is 12.1 Å². The third-order valence-electron chi connectivity index (χ3n) is 3.34. The van der Waals surface area contributed by atoms with E-state index in [4.69, 9.17) is 0 Å². The number of carboxylic acids is 1. The summed E-state index contributed by atoms with van der Waals surface area (Å²) < 4.78 is 2.00. The Morgan fingerprint density at radius 1 is 1.43 bits per heavy atom. The van der Waals surface area contributed by atoms with Gasteiger partial charge in [0.15, 0.2) is 0 Å². The van der Waals surface area contributed by atoms with Gasteiger partial charge in [0.25, 0.3) is 0 Å². The van der Waals surface area contributed by atoms with E-state index in [2.05, 4.69) is 23.8 Å².